The van der Waals surface area contributed by atoms with E-state index in [1.54, 1.807) is 0 Å². The number of hydrogen-bond donors (Lipinski definition) is 1. The van der Waals surface area contributed by atoms with Gasteiger partial charge in [-0.05, 0) is 23.4 Å². The zero-order valence-corrected chi connectivity index (χ0v) is 7.37. The van der Waals surface area contributed by atoms with Gasteiger partial charge in [-0.3, -0.25) is 0 Å². The molecule has 2 rings (SSSR count). The number of rotatable bonds is 3. The van der Waals surface area contributed by atoms with Crippen LogP contribution in [0, 0.1) is 5.82 Å². The molecule has 0 radical (unpaired) electrons. The van der Waals surface area contributed by atoms with Gasteiger partial charge in [0, 0.05) is 6.54 Å². The lowest BCUT2D eigenvalue weighted by Crippen LogP contribution is -2.10. The van der Waals surface area contributed by atoms with E-state index >= 15 is 0 Å². The van der Waals surface area contributed by atoms with E-state index in [-0.39, 0.29) is 11.7 Å². The zero-order chi connectivity index (χ0) is 9.97. The molecule has 74 valence electrons. The van der Waals surface area contributed by atoms with Crippen LogP contribution in [-0.4, -0.2) is 18.3 Å². The molecule has 0 unspecified atom stereocenters. The summed E-state index contributed by atoms with van der Waals surface area (Å²) >= 11 is 0. The third-order valence-corrected chi connectivity index (χ3v) is 1.76. The summed E-state index contributed by atoms with van der Waals surface area (Å²) in [5.74, 6) is -0.0664. The standard InChI is InChI=1S/C9H9FN2O2/c10-6-1-2-8-7(5-6)9(12-14-8)13-4-3-11/h1-2,5H,3-4,11H2. The van der Waals surface area contributed by atoms with Crippen molar-refractivity contribution >= 4 is 11.0 Å². The van der Waals surface area contributed by atoms with Crippen molar-refractivity contribution in [2.45, 2.75) is 0 Å². The van der Waals surface area contributed by atoms with Crippen molar-refractivity contribution in [3.05, 3.63) is 24.0 Å². The monoisotopic (exact) mass is 196 g/mol. The Morgan fingerprint density at radius 1 is 1.50 bits per heavy atom. The van der Waals surface area contributed by atoms with Crippen molar-refractivity contribution in [2.24, 2.45) is 5.73 Å². The van der Waals surface area contributed by atoms with E-state index in [0.29, 0.717) is 24.1 Å². The van der Waals surface area contributed by atoms with Gasteiger partial charge in [0.15, 0.2) is 5.58 Å². The molecule has 0 amide bonds. The first kappa shape index (κ1) is 8.96. The lowest BCUT2D eigenvalue weighted by molar-refractivity contribution is 0.293. The number of ether oxygens (including phenoxy) is 1. The van der Waals surface area contributed by atoms with E-state index in [9.17, 15) is 4.39 Å². The fourth-order valence-corrected chi connectivity index (χ4v) is 1.15. The molecule has 0 bridgehead atoms. The fourth-order valence-electron chi connectivity index (χ4n) is 1.15. The number of nitrogens with two attached hydrogens (primary N) is 1. The lowest BCUT2D eigenvalue weighted by atomic mass is 10.2. The molecule has 2 aromatic rings. The Labute approximate surface area is 79.4 Å². The molecule has 2 N–H and O–H groups in total. The van der Waals surface area contributed by atoms with Crippen LogP contribution in [0.4, 0.5) is 4.39 Å². The highest BCUT2D eigenvalue weighted by Crippen LogP contribution is 2.25. The Bertz CT molecular complexity index is 441. The molecule has 14 heavy (non-hydrogen) atoms. The molecule has 0 saturated heterocycles. The summed E-state index contributed by atoms with van der Waals surface area (Å²) in [6.07, 6.45) is 0. The SMILES string of the molecule is NCCOc1noc2ccc(F)cc12. The van der Waals surface area contributed by atoms with E-state index in [4.69, 9.17) is 15.0 Å². The minimum atomic E-state index is -0.349. The quantitative estimate of drug-likeness (QED) is 0.803. The molecule has 1 heterocycles. The Hall–Kier alpha value is -1.62. The first-order valence-corrected chi connectivity index (χ1v) is 4.19. The van der Waals surface area contributed by atoms with Crippen LogP contribution in [-0.2, 0) is 0 Å². The molecule has 0 atom stereocenters. The Morgan fingerprint density at radius 3 is 3.14 bits per heavy atom. The minimum Gasteiger partial charge on any atom is -0.474 e. The third-order valence-electron chi connectivity index (χ3n) is 1.76. The number of aromatic nitrogens is 1. The van der Waals surface area contributed by atoms with Crippen molar-refractivity contribution in [1.82, 2.24) is 5.16 Å². The second-order valence-corrected chi connectivity index (χ2v) is 2.77. The topological polar surface area (TPSA) is 61.3 Å². The summed E-state index contributed by atoms with van der Waals surface area (Å²) < 4.78 is 23.0. The van der Waals surface area contributed by atoms with Crippen molar-refractivity contribution in [2.75, 3.05) is 13.2 Å². The van der Waals surface area contributed by atoms with Crippen LogP contribution < -0.4 is 10.5 Å². The van der Waals surface area contributed by atoms with Crippen LogP contribution in [0.2, 0.25) is 0 Å². The second kappa shape index (κ2) is 3.63. The Morgan fingerprint density at radius 2 is 2.36 bits per heavy atom. The lowest BCUT2D eigenvalue weighted by Gasteiger charge is -1.98. The van der Waals surface area contributed by atoms with Gasteiger partial charge in [-0.2, -0.15) is 0 Å². The molecule has 1 aromatic carbocycles. The van der Waals surface area contributed by atoms with Crippen LogP contribution in [0.5, 0.6) is 5.88 Å². The number of hydrogen-bond acceptors (Lipinski definition) is 4. The maximum absolute atomic E-state index is 12.9. The smallest absolute Gasteiger partial charge is 0.262 e. The molecule has 0 spiro atoms. The predicted molar refractivity (Wildman–Crippen MR) is 48.5 cm³/mol. The number of fused-ring (bicyclic) bond motifs is 1. The fraction of sp³-hybridized carbons (Fsp3) is 0.222. The highest BCUT2D eigenvalue weighted by atomic mass is 19.1. The van der Waals surface area contributed by atoms with Gasteiger partial charge in [0.25, 0.3) is 5.88 Å². The Balaban J connectivity index is 2.40. The minimum absolute atomic E-state index is 0.282. The van der Waals surface area contributed by atoms with Gasteiger partial charge in [0.2, 0.25) is 0 Å². The highest BCUT2D eigenvalue weighted by Gasteiger charge is 2.09. The van der Waals surface area contributed by atoms with Gasteiger partial charge in [-0.15, -0.1) is 0 Å². The maximum atomic E-state index is 12.9. The number of nitrogens with zero attached hydrogens (tertiary/aromatic N) is 1. The van der Waals surface area contributed by atoms with Crippen LogP contribution >= 0.6 is 0 Å². The normalized spacial score (nSPS) is 10.7. The van der Waals surface area contributed by atoms with E-state index in [2.05, 4.69) is 5.16 Å². The zero-order valence-electron chi connectivity index (χ0n) is 7.37. The first-order chi connectivity index (χ1) is 6.81. The van der Waals surface area contributed by atoms with E-state index < -0.39 is 0 Å². The van der Waals surface area contributed by atoms with Crippen LogP contribution in [0.25, 0.3) is 11.0 Å². The summed E-state index contributed by atoms with van der Waals surface area (Å²) in [5, 5.41) is 4.18. The summed E-state index contributed by atoms with van der Waals surface area (Å²) in [4.78, 5) is 0. The van der Waals surface area contributed by atoms with Crippen molar-refractivity contribution in [1.29, 1.82) is 0 Å². The van der Waals surface area contributed by atoms with E-state index in [1.807, 2.05) is 0 Å². The van der Waals surface area contributed by atoms with Gasteiger partial charge in [0.1, 0.15) is 12.4 Å². The molecule has 1 aromatic heterocycles. The van der Waals surface area contributed by atoms with Crippen LogP contribution in [0.15, 0.2) is 22.7 Å². The van der Waals surface area contributed by atoms with Gasteiger partial charge < -0.3 is 15.0 Å². The van der Waals surface area contributed by atoms with E-state index in [1.165, 1.54) is 18.2 Å². The maximum Gasteiger partial charge on any atom is 0.262 e. The van der Waals surface area contributed by atoms with Crippen molar-refractivity contribution in [3.63, 3.8) is 0 Å². The second-order valence-electron chi connectivity index (χ2n) is 2.77. The molecule has 0 fully saturated rings. The number of halogens is 1. The molecular weight excluding hydrogens is 187 g/mol. The summed E-state index contributed by atoms with van der Waals surface area (Å²) in [6.45, 7) is 0.710. The van der Waals surface area contributed by atoms with Crippen LogP contribution in [0.3, 0.4) is 0 Å². The largest absolute Gasteiger partial charge is 0.474 e. The average Bonchev–Trinajstić information content (AvgIpc) is 2.57. The molecule has 0 saturated carbocycles. The summed E-state index contributed by atoms with van der Waals surface area (Å²) in [7, 11) is 0. The van der Waals surface area contributed by atoms with Gasteiger partial charge in [-0.1, -0.05) is 0 Å². The predicted octanol–water partition coefficient (Wildman–Crippen LogP) is 1.30. The van der Waals surface area contributed by atoms with Gasteiger partial charge >= 0.3 is 0 Å². The average molecular weight is 196 g/mol. The molecule has 5 heteroatoms. The van der Waals surface area contributed by atoms with Crippen molar-refractivity contribution < 1.29 is 13.7 Å². The summed E-state index contributed by atoms with van der Waals surface area (Å²) in [6, 6.07) is 4.13. The van der Waals surface area contributed by atoms with Crippen LogP contribution in [0.1, 0.15) is 0 Å². The molecular formula is C9H9FN2O2. The molecule has 0 aliphatic rings. The molecule has 4 nitrogen and oxygen atoms in total. The molecule has 0 aliphatic heterocycles. The first-order valence-electron chi connectivity index (χ1n) is 4.19. The summed E-state index contributed by atoms with van der Waals surface area (Å²) in [5.41, 5.74) is 5.76. The van der Waals surface area contributed by atoms with Gasteiger partial charge in [-0.25, -0.2) is 4.39 Å². The Kier molecular flexibility index (Phi) is 2.32. The van der Waals surface area contributed by atoms with Gasteiger partial charge in [0.05, 0.1) is 5.39 Å². The third kappa shape index (κ3) is 1.54. The van der Waals surface area contributed by atoms with Crippen molar-refractivity contribution in [3.8, 4) is 5.88 Å². The number of benzene rings is 1. The molecule has 0 aliphatic carbocycles. The van der Waals surface area contributed by atoms with E-state index in [0.717, 1.165) is 0 Å². The highest BCUT2D eigenvalue weighted by molar-refractivity contribution is 5.81.